The van der Waals surface area contributed by atoms with E-state index in [1.165, 1.54) is 11.2 Å². The summed E-state index contributed by atoms with van der Waals surface area (Å²) >= 11 is 0. The molecule has 0 saturated carbocycles. The van der Waals surface area contributed by atoms with E-state index in [2.05, 4.69) is 20.9 Å². The molecule has 0 unspecified atom stereocenters. The Morgan fingerprint density at radius 2 is 1.80 bits per heavy atom. The topological polar surface area (TPSA) is 180 Å². The fourth-order valence-electron chi connectivity index (χ4n) is 6.27. The molecule has 2 aromatic heterocycles. The van der Waals surface area contributed by atoms with Crippen molar-refractivity contribution in [2.75, 3.05) is 19.4 Å². The summed E-state index contributed by atoms with van der Waals surface area (Å²) in [5.74, 6) is -2.29. The molecule has 2 aliphatic heterocycles. The Hall–Kier alpha value is -5.30. The van der Waals surface area contributed by atoms with E-state index in [0.717, 1.165) is 0 Å². The Morgan fingerprint density at radius 3 is 2.45 bits per heavy atom. The minimum absolute atomic E-state index is 0.0311. The molecule has 13 heteroatoms. The molecule has 0 fully saturated rings. The summed E-state index contributed by atoms with van der Waals surface area (Å²) in [5.41, 5.74) is 0.0581. The number of carbonyl (C=O) groups excluding carboxylic acids is 4. The highest BCUT2D eigenvalue weighted by Gasteiger charge is 2.55. The lowest BCUT2D eigenvalue weighted by molar-refractivity contribution is -0.136. The van der Waals surface area contributed by atoms with Gasteiger partial charge in [0.25, 0.3) is 5.91 Å². The third-order valence-electron chi connectivity index (χ3n) is 8.97. The van der Waals surface area contributed by atoms with Crippen molar-refractivity contribution in [3.05, 3.63) is 88.8 Å². The average molecular weight is 669 g/mol. The van der Waals surface area contributed by atoms with Gasteiger partial charge in [-0.2, -0.15) is 0 Å². The second-order valence-electron chi connectivity index (χ2n) is 14.2. The van der Waals surface area contributed by atoms with E-state index in [4.69, 9.17) is 13.8 Å². The number of aromatic nitrogens is 2. The zero-order valence-corrected chi connectivity index (χ0v) is 28.5. The summed E-state index contributed by atoms with van der Waals surface area (Å²) in [6.45, 7) is 9.08. The van der Waals surface area contributed by atoms with Crippen molar-refractivity contribution < 1.29 is 33.1 Å². The second kappa shape index (κ2) is 12.3. The number of amides is 4. The number of fused-ring (bicyclic) bond motifs is 4. The van der Waals surface area contributed by atoms with Crippen molar-refractivity contribution in [2.24, 2.45) is 11.3 Å². The van der Waals surface area contributed by atoms with Crippen LogP contribution in [0.15, 0.2) is 63.6 Å². The highest BCUT2D eigenvalue weighted by atomic mass is 16.4. The van der Waals surface area contributed by atoms with Gasteiger partial charge in [-0.25, -0.2) is 9.97 Å². The number of hydrogen-bond donors (Lipinski definition) is 4. The van der Waals surface area contributed by atoms with Crippen molar-refractivity contribution in [3.63, 3.8) is 0 Å². The van der Waals surface area contributed by atoms with Gasteiger partial charge in [-0.15, -0.1) is 0 Å². The fraction of sp³-hybridized carbons (Fsp3) is 0.389. The van der Waals surface area contributed by atoms with Crippen LogP contribution in [0.5, 0.6) is 0 Å². The molecule has 4 atom stereocenters. The summed E-state index contributed by atoms with van der Waals surface area (Å²) < 4.78 is 12.5. The number of carbonyl (C=O) groups is 4. The third kappa shape index (κ3) is 5.77. The highest BCUT2D eigenvalue weighted by molar-refractivity contribution is 6.11. The zero-order chi connectivity index (χ0) is 35.4. The summed E-state index contributed by atoms with van der Waals surface area (Å²) in [7, 11) is 3.19. The van der Waals surface area contributed by atoms with Crippen LogP contribution in [0, 0.1) is 11.3 Å². The molecule has 4 bridgehead atoms. The van der Waals surface area contributed by atoms with Crippen LogP contribution in [0.4, 0.5) is 5.69 Å². The van der Waals surface area contributed by atoms with Gasteiger partial charge in [0.2, 0.25) is 29.5 Å². The van der Waals surface area contributed by atoms with E-state index in [1.54, 1.807) is 46.1 Å². The molecule has 4 heterocycles. The first-order chi connectivity index (χ1) is 23.1. The van der Waals surface area contributed by atoms with Gasteiger partial charge in [0.15, 0.2) is 22.6 Å². The van der Waals surface area contributed by atoms with E-state index >= 15 is 0 Å². The van der Waals surface area contributed by atoms with Crippen LogP contribution >= 0.6 is 0 Å². The number of nitrogens with zero attached hydrogens (tertiary/aromatic N) is 3. The summed E-state index contributed by atoms with van der Waals surface area (Å²) in [4.78, 5) is 65.2. The molecule has 0 spiro atoms. The standard InChI is InChI=1S/C36H40N6O7/c1-18(2)26(43)30(45)37-23-16-19-13-14-22-21(15-19)36(34(47)39-22,20-11-9-8-10-12-20)28-25(31-38-24(17-48-31)33(46)42(6)7)40-32(49-28)27(35(3,4)5)41-29(23)44/h8-15,17-18,23,26-27,43H,16H2,1-7H3,(H,37,45)(H,39,47)(H,41,44)/t23-,26-,27+,36-/m0/s1. The first-order valence-corrected chi connectivity index (χ1v) is 16.1. The van der Waals surface area contributed by atoms with Crippen molar-refractivity contribution in [2.45, 2.75) is 64.6 Å². The largest absolute Gasteiger partial charge is 0.442 e. The number of benzene rings is 2. The Balaban J connectivity index is 1.64. The lowest BCUT2D eigenvalue weighted by Gasteiger charge is -2.32. The van der Waals surface area contributed by atoms with Crippen LogP contribution in [-0.4, -0.2) is 69.8 Å². The molecule has 6 rings (SSSR count). The number of nitrogens with one attached hydrogen (secondary N) is 3. The maximum Gasteiger partial charge on any atom is 0.275 e. The molecule has 49 heavy (non-hydrogen) atoms. The number of hydrogen-bond acceptors (Lipinski definition) is 9. The van der Waals surface area contributed by atoms with E-state index in [1.807, 2.05) is 51.1 Å². The Labute approximate surface area is 283 Å². The second-order valence-corrected chi connectivity index (χ2v) is 14.2. The van der Waals surface area contributed by atoms with Gasteiger partial charge in [0.1, 0.15) is 24.5 Å². The molecule has 4 amide bonds. The van der Waals surface area contributed by atoms with Gasteiger partial charge in [-0.3, -0.25) is 19.2 Å². The molecule has 256 valence electrons. The predicted octanol–water partition coefficient (Wildman–Crippen LogP) is 3.58. The van der Waals surface area contributed by atoms with Gasteiger partial charge in [0, 0.05) is 31.8 Å². The number of aliphatic hydroxyl groups excluding tert-OH is 1. The molecule has 4 aromatic rings. The lowest BCUT2D eigenvalue weighted by atomic mass is 9.72. The summed E-state index contributed by atoms with van der Waals surface area (Å²) in [6, 6.07) is 12.4. The van der Waals surface area contributed by atoms with Crippen LogP contribution in [0.3, 0.4) is 0 Å². The maximum atomic E-state index is 14.5. The monoisotopic (exact) mass is 668 g/mol. The van der Waals surface area contributed by atoms with Crippen molar-refractivity contribution in [3.8, 4) is 11.6 Å². The van der Waals surface area contributed by atoms with Gasteiger partial charge in [-0.1, -0.05) is 77.1 Å². The Kier molecular flexibility index (Phi) is 8.43. The van der Waals surface area contributed by atoms with Gasteiger partial charge < -0.3 is 34.8 Å². The van der Waals surface area contributed by atoms with Crippen molar-refractivity contribution in [1.29, 1.82) is 0 Å². The van der Waals surface area contributed by atoms with E-state index < -0.39 is 52.6 Å². The first-order valence-electron chi connectivity index (χ1n) is 16.1. The highest BCUT2D eigenvalue weighted by Crippen LogP contribution is 2.52. The maximum absolute atomic E-state index is 14.5. The number of aliphatic hydroxyl groups is 1. The molecule has 4 N–H and O–H groups in total. The van der Waals surface area contributed by atoms with Gasteiger partial charge in [-0.05, 0) is 28.5 Å². The van der Waals surface area contributed by atoms with Crippen molar-refractivity contribution >= 4 is 29.3 Å². The molecule has 0 aliphatic carbocycles. The SMILES string of the molecule is CC(C)[C@H](O)C(=O)N[C@H]1Cc2ccc3c(c2)[C@](c2ccccc2)(C(=O)N3)c2oc(nc2-c2nc(C(=O)N(C)C)co2)[C@H](C(C)(C)C)NC1=O. The predicted molar refractivity (Wildman–Crippen MR) is 178 cm³/mol. The lowest BCUT2D eigenvalue weighted by Crippen LogP contribution is -2.53. The summed E-state index contributed by atoms with van der Waals surface area (Å²) in [6.07, 6.45) is -0.0513. The Bertz CT molecular complexity index is 1940. The van der Waals surface area contributed by atoms with E-state index in [-0.39, 0.29) is 41.3 Å². The van der Waals surface area contributed by atoms with Crippen LogP contribution in [0.25, 0.3) is 11.6 Å². The third-order valence-corrected chi connectivity index (χ3v) is 8.97. The van der Waals surface area contributed by atoms with Crippen molar-refractivity contribution in [1.82, 2.24) is 25.5 Å². The quantitative estimate of drug-likeness (QED) is 0.239. The minimum Gasteiger partial charge on any atom is -0.442 e. The van der Waals surface area contributed by atoms with Crippen LogP contribution in [0.1, 0.15) is 79.5 Å². The van der Waals surface area contributed by atoms with E-state index in [0.29, 0.717) is 22.4 Å². The number of anilines is 1. The zero-order valence-electron chi connectivity index (χ0n) is 28.5. The fourth-order valence-corrected chi connectivity index (χ4v) is 6.27. The number of oxazole rings is 2. The van der Waals surface area contributed by atoms with E-state index in [9.17, 15) is 24.3 Å². The normalized spacial score (nSPS) is 20.9. The van der Waals surface area contributed by atoms with Crippen LogP contribution < -0.4 is 16.0 Å². The first kappa shape index (κ1) is 33.6. The molecular weight excluding hydrogens is 628 g/mol. The molecule has 2 aromatic carbocycles. The molecule has 2 aliphatic rings. The van der Waals surface area contributed by atoms with Crippen LogP contribution in [0.2, 0.25) is 0 Å². The molecular formula is C36H40N6O7. The Morgan fingerprint density at radius 1 is 1.08 bits per heavy atom. The van der Waals surface area contributed by atoms with Crippen LogP contribution in [-0.2, 0) is 26.2 Å². The average Bonchev–Trinajstić information content (AvgIpc) is 3.77. The van der Waals surface area contributed by atoms with Gasteiger partial charge in [0.05, 0.1) is 0 Å². The molecule has 0 radical (unpaired) electrons. The molecule has 13 nitrogen and oxygen atoms in total. The number of rotatable bonds is 6. The minimum atomic E-state index is -1.61. The molecule has 0 saturated heterocycles. The smallest absolute Gasteiger partial charge is 0.275 e. The summed E-state index contributed by atoms with van der Waals surface area (Å²) in [5, 5.41) is 19.3. The van der Waals surface area contributed by atoms with Gasteiger partial charge >= 0.3 is 0 Å².